The Kier molecular flexibility index (Phi) is 6.08. The number of piperidine rings is 1. The number of benzene rings is 2. The Bertz CT molecular complexity index is 865. The van der Waals surface area contributed by atoms with Crippen molar-refractivity contribution >= 4 is 17.3 Å². The number of nitro groups is 1. The standard InChI is InChI=1S/C20H21FN2O5/c1-27-19-7-6-16(21)12-15(19)13-28-20(24)14-8-10-22(11-9-14)17-4-2-3-5-18(17)23(25)26/h2-7,12,14H,8-11,13H2,1H3. The number of nitro benzene ring substituents is 1. The maximum Gasteiger partial charge on any atom is 0.309 e. The molecule has 0 spiro atoms. The summed E-state index contributed by atoms with van der Waals surface area (Å²) in [6, 6.07) is 10.6. The molecule has 148 valence electrons. The van der Waals surface area contributed by atoms with Gasteiger partial charge in [-0.25, -0.2) is 4.39 Å². The normalized spacial score (nSPS) is 14.6. The number of carbonyl (C=O) groups is 1. The number of esters is 1. The molecule has 1 aliphatic heterocycles. The second kappa shape index (κ2) is 8.69. The molecule has 3 rings (SSSR count). The van der Waals surface area contributed by atoms with Crippen molar-refractivity contribution in [1.82, 2.24) is 0 Å². The Hall–Kier alpha value is -3.16. The van der Waals surface area contributed by atoms with Crippen LogP contribution in [-0.4, -0.2) is 31.1 Å². The number of methoxy groups -OCH3 is 1. The largest absolute Gasteiger partial charge is 0.496 e. The molecule has 0 unspecified atom stereocenters. The van der Waals surface area contributed by atoms with E-state index in [1.165, 1.54) is 31.4 Å². The van der Waals surface area contributed by atoms with Gasteiger partial charge in [-0.15, -0.1) is 0 Å². The van der Waals surface area contributed by atoms with Gasteiger partial charge in [-0.05, 0) is 37.1 Å². The molecule has 0 radical (unpaired) electrons. The fourth-order valence-corrected chi connectivity index (χ4v) is 3.37. The summed E-state index contributed by atoms with van der Waals surface area (Å²) >= 11 is 0. The smallest absolute Gasteiger partial charge is 0.309 e. The van der Waals surface area contributed by atoms with Crippen molar-refractivity contribution in [2.24, 2.45) is 5.92 Å². The van der Waals surface area contributed by atoms with Gasteiger partial charge in [0.2, 0.25) is 0 Å². The molecule has 1 fully saturated rings. The number of halogens is 1. The Labute approximate surface area is 161 Å². The maximum atomic E-state index is 13.4. The van der Waals surface area contributed by atoms with Crippen LogP contribution < -0.4 is 9.64 Å². The highest BCUT2D eigenvalue weighted by Crippen LogP contribution is 2.31. The molecule has 0 aromatic heterocycles. The van der Waals surface area contributed by atoms with Crippen molar-refractivity contribution in [2.45, 2.75) is 19.4 Å². The quantitative estimate of drug-likeness (QED) is 0.426. The minimum absolute atomic E-state index is 0.0572. The van der Waals surface area contributed by atoms with Crippen molar-refractivity contribution < 1.29 is 23.6 Å². The van der Waals surface area contributed by atoms with Crippen molar-refractivity contribution in [2.75, 3.05) is 25.1 Å². The van der Waals surface area contributed by atoms with Crippen molar-refractivity contribution in [3.8, 4) is 5.75 Å². The Morgan fingerprint density at radius 1 is 1.25 bits per heavy atom. The molecule has 1 aliphatic rings. The highest BCUT2D eigenvalue weighted by atomic mass is 19.1. The summed E-state index contributed by atoms with van der Waals surface area (Å²) in [5, 5.41) is 11.2. The fraction of sp³-hybridized carbons (Fsp3) is 0.350. The van der Waals surface area contributed by atoms with Crippen LogP contribution in [0.3, 0.4) is 0 Å². The zero-order chi connectivity index (χ0) is 20.1. The molecule has 0 atom stereocenters. The molecule has 0 bridgehead atoms. The number of hydrogen-bond donors (Lipinski definition) is 0. The molecule has 0 amide bonds. The zero-order valence-electron chi connectivity index (χ0n) is 15.5. The Morgan fingerprint density at radius 2 is 1.96 bits per heavy atom. The Balaban J connectivity index is 1.57. The summed E-state index contributed by atoms with van der Waals surface area (Å²) in [7, 11) is 1.47. The monoisotopic (exact) mass is 388 g/mol. The second-order valence-corrected chi connectivity index (χ2v) is 6.57. The van der Waals surface area contributed by atoms with E-state index in [0.29, 0.717) is 42.9 Å². The molecule has 2 aromatic carbocycles. The third-order valence-corrected chi connectivity index (χ3v) is 4.86. The first-order chi connectivity index (χ1) is 13.5. The highest BCUT2D eigenvalue weighted by molar-refractivity contribution is 5.73. The van der Waals surface area contributed by atoms with E-state index in [-0.39, 0.29) is 24.2 Å². The lowest BCUT2D eigenvalue weighted by Crippen LogP contribution is -2.37. The van der Waals surface area contributed by atoms with Crippen LogP contribution in [0.4, 0.5) is 15.8 Å². The van der Waals surface area contributed by atoms with E-state index >= 15 is 0 Å². The van der Waals surface area contributed by atoms with Gasteiger partial charge in [-0.3, -0.25) is 14.9 Å². The average molecular weight is 388 g/mol. The van der Waals surface area contributed by atoms with Gasteiger partial charge in [0.15, 0.2) is 0 Å². The molecule has 8 heteroatoms. The molecular weight excluding hydrogens is 367 g/mol. The lowest BCUT2D eigenvalue weighted by molar-refractivity contribution is -0.384. The van der Waals surface area contributed by atoms with Crippen LogP contribution in [-0.2, 0) is 16.1 Å². The van der Waals surface area contributed by atoms with E-state index < -0.39 is 10.7 Å². The first-order valence-corrected chi connectivity index (χ1v) is 8.97. The highest BCUT2D eigenvalue weighted by Gasteiger charge is 2.29. The number of anilines is 1. The summed E-state index contributed by atoms with van der Waals surface area (Å²) < 4.78 is 23.9. The summed E-state index contributed by atoms with van der Waals surface area (Å²) in [5.41, 5.74) is 1.08. The van der Waals surface area contributed by atoms with Gasteiger partial charge in [-0.2, -0.15) is 0 Å². The van der Waals surface area contributed by atoms with Crippen LogP contribution in [0.1, 0.15) is 18.4 Å². The van der Waals surface area contributed by atoms with Crippen molar-refractivity contribution in [3.63, 3.8) is 0 Å². The maximum absolute atomic E-state index is 13.4. The second-order valence-electron chi connectivity index (χ2n) is 6.57. The van der Waals surface area contributed by atoms with E-state index in [2.05, 4.69) is 0 Å². The molecule has 7 nitrogen and oxygen atoms in total. The van der Waals surface area contributed by atoms with E-state index in [1.807, 2.05) is 4.90 Å². The lowest BCUT2D eigenvalue weighted by atomic mass is 9.96. The van der Waals surface area contributed by atoms with Gasteiger partial charge in [0.25, 0.3) is 5.69 Å². The number of nitrogens with zero attached hydrogens (tertiary/aromatic N) is 2. The predicted molar refractivity (Wildman–Crippen MR) is 101 cm³/mol. The van der Waals surface area contributed by atoms with Crippen LogP contribution in [0.5, 0.6) is 5.75 Å². The third kappa shape index (κ3) is 4.39. The Morgan fingerprint density at radius 3 is 2.64 bits per heavy atom. The van der Waals surface area contributed by atoms with Gasteiger partial charge in [0.1, 0.15) is 23.9 Å². The number of rotatable bonds is 6. The first-order valence-electron chi connectivity index (χ1n) is 8.97. The van der Waals surface area contributed by atoms with Crippen LogP contribution in [0.25, 0.3) is 0 Å². The van der Waals surface area contributed by atoms with Crippen molar-refractivity contribution in [1.29, 1.82) is 0 Å². The summed E-state index contributed by atoms with van der Waals surface area (Å²) in [5.74, 6) is -0.614. The summed E-state index contributed by atoms with van der Waals surface area (Å²) in [4.78, 5) is 25.1. The van der Waals surface area contributed by atoms with Gasteiger partial charge < -0.3 is 14.4 Å². The van der Waals surface area contributed by atoms with Gasteiger partial charge >= 0.3 is 5.97 Å². The van der Waals surface area contributed by atoms with Gasteiger partial charge in [0.05, 0.1) is 18.0 Å². The molecule has 2 aromatic rings. The minimum Gasteiger partial charge on any atom is -0.496 e. The number of carbonyl (C=O) groups excluding carboxylic acids is 1. The molecule has 0 N–H and O–H groups in total. The van der Waals surface area contributed by atoms with Crippen molar-refractivity contribution in [3.05, 3.63) is 64.0 Å². The van der Waals surface area contributed by atoms with Gasteiger partial charge in [0, 0.05) is 24.7 Å². The van der Waals surface area contributed by atoms with E-state index in [0.717, 1.165) is 0 Å². The van der Waals surface area contributed by atoms with Crippen LogP contribution in [0.2, 0.25) is 0 Å². The lowest BCUT2D eigenvalue weighted by Gasteiger charge is -2.32. The number of hydrogen-bond acceptors (Lipinski definition) is 6. The zero-order valence-corrected chi connectivity index (χ0v) is 15.5. The molecule has 0 aliphatic carbocycles. The molecule has 1 saturated heterocycles. The average Bonchev–Trinajstić information content (AvgIpc) is 2.72. The summed E-state index contributed by atoms with van der Waals surface area (Å²) in [6.07, 6.45) is 1.07. The third-order valence-electron chi connectivity index (χ3n) is 4.86. The first kappa shape index (κ1) is 19.6. The number of ether oxygens (including phenoxy) is 2. The predicted octanol–water partition coefficient (Wildman–Crippen LogP) is 3.70. The molecule has 1 heterocycles. The topological polar surface area (TPSA) is 81.9 Å². The molecular formula is C20H21FN2O5. The van der Waals surface area contributed by atoms with Gasteiger partial charge in [-0.1, -0.05) is 12.1 Å². The van der Waals surface area contributed by atoms with Crippen LogP contribution in [0, 0.1) is 21.8 Å². The van der Waals surface area contributed by atoms with Crippen LogP contribution >= 0.6 is 0 Å². The SMILES string of the molecule is COc1ccc(F)cc1COC(=O)C1CCN(c2ccccc2[N+](=O)[O-])CC1. The van der Waals surface area contributed by atoms with E-state index in [1.54, 1.807) is 18.2 Å². The van der Waals surface area contributed by atoms with E-state index in [4.69, 9.17) is 9.47 Å². The van der Waals surface area contributed by atoms with Crippen LogP contribution in [0.15, 0.2) is 42.5 Å². The number of para-hydroxylation sites is 2. The fourth-order valence-electron chi connectivity index (χ4n) is 3.37. The molecule has 28 heavy (non-hydrogen) atoms. The van der Waals surface area contributed by atoms with E-state index in [9.17, 15) is 19.3 Å². The minimum atomic E-state index is -0.426. The molecule has 0 saturated carbocycles. The summed E-state index contributed by atoms with van der Waals surface area (Å²) in [6.45, 7) is 0.978.